The molecule has 2 aromatic rings. The fraction of sp³-hybridized carbons (Fsp3) is 0.536. The molecule has 1 aliphatic heterocycles. The minimum Gasteiger partial charge on any atom is -0.481 e. The summed E-state index contributed by atoms with van der Waals surface area (Å²) in [6.45, 7) is 4.26. The van der Waals surface area contributed by atoms with Crippen molar-refractivity contribution in [1.82, 2.24) is 10.2 Å². The Morgan fingerprint density at radius 3 is 2.19 bits per heavy atom. The summed E-state index contributed by atoms with van der Waals surface area (Å²) in [6, 6.07) is 20.8. The largest absolute Gasteiger partial charge is 0.481 e. The van der Waals surface area contributed by atoms with Gasteiger partial charge in [-0.05, 0) is 82.7 Å². The number of carbonyl (C=O) groups excluding carboxylic acids is 1. The highest BCUT2D eigenvalue weighted by Gasteiger charge is 2.40. The molecule has 4 nitrogen and oxygen atoms in total. The number of nitrogens with zero attached hydrogens (tertiary/aromatic N) is 1. The fourth-order valence-electron chi connectivity index (χ4n) is 5.50. The molecule has 1 unspecified atom stereocenters. The molecule has 0 aromatic heterocycles. The Labute approximate surface area is 193 Å². The van der Waals surface area contributed by atoms with Gasteiger partial charge < -0.3 is 10.1 Å². The molecule has 1 heterocycles. The average molecular weight is 435 g/mol. The SMILES string of the molecule is CC(Oc1ccccc1)C(=O)NC1CCC(Cc2ccccc2)(N2CCCCCC2)CC1. The zero-order valence-corrected chi connectivity index (χ0v) is 19.5. The van der Waals surface area contributed by atoms with E-state index >= 15 is 0 Å². The van der Waals surface area contributed by atoms with E-state index in [1.165, 1.54) is 44.3 Å². The number of nitrogens with one attached hydrogen (secondary N) is 1. The van der Waals surface area contributed by atoms with Gasteiger partial charge in [-0.3, -0.25) is 9.69 Å². The predicted molar refractivity (Wildman–Crippen MR) is 130 cm³/mol. The molecule has 32 heavy (non-hydrogen) atoms. The van der Waals surface area contributed by atoms with Crippen LogP contribution in [0.2, 0.25) is 0 Å². The Morgan fingerprint density at radius 1 is 0.969 bits per heavy atom. The van der Waals surface area contributed by atoms with Gasteiger partial charge in [0.15, 0.2) is 6.10 Å². The molecule has 2 aromatic carbocycles. The third-order valence-electron chi connectivity index (χ3n) is 7.34. The van der Waals surface area contributed by atoms with Crippen molar-refractivity contribution in [1.29, 1.82) is 0 Å². The third-order valence-corrected chi connectivity index (χ3v) is 7.34. The van der Waals surface area contributed by atoms with Gasteiger partial charge in [0.05, 0.1) is 0 Å². The lowest BCUT2D eigenvalue weighted by Crippen LogP contribution is -2.55. The van der Waals surface area contributed by atoms with Crippen LogP contribution in [0.4, 0.5) is 0 Å². The number of para-hydroxylation sites is 1. The first kappa shape index (κ1) is 22.8. The van der Waals surface area contributed by atoms with Gasteiger partial charge >= 0.3 is 0 Å². The van der Waals surface area contributed by atoms with Crippen molar-refractivity contribution in [3.63, 3.8) is 0 Å². The molecule has 1 atom stereocenters. The molecule has 2 aliphatic rings. The lowest BCUT2D eigenvalue weighted by molar-refractivity contribution is -0.128. The van der Waals surface area contributed by atoms with E-state index in [0.29, 0.717) is 0 Å². The van der Waals surface area contributed by atoms with Crippen molar-refractivity contribution in [3.05, 3.63) is 66.2 Å². The van der Waals surface area contributed by atoms with Gasteiger partial charge in [-0.15, -0.1) is 0 Å². The van der Waals surface area contributed by atoms with Crippen LogP contribution in [0, 0.1) is 0 Å². The quantitative estimate of drug-likeness (QED) is 0.637. The second-order valence-electron chi connectivity index (χ2n) is 9.64. The average Bonchev–Trinajstić information content (AvgIpc) is 3.12. The highest BCUT2D eigenvalue weighted by atomic mass is 16.5. The maximum atomic E-state index is 12.8. The molecule has 0 bridgehead atoms. The van der Waals surface area contributed by atoms with E-state index in [4.69, 9.17) is 4.74 Å². The van der Waals surface area contributed by atoms with Crippen LogP contribution >= 0.6 is 0 Å². The van der Waals surface area contributed by atoms with E-state index in [-0.39, 0.29) is 17.5 Å². The van der Waals surface area contributed by atoms with Crippen molar-refractivity contribution in [2.24, 2.45) is 0 Å². The van der Waals surface area contributed by atoms with E-state index < -0.39 is 6.10 Å². The number of amides is 1. The van der Waals surface area contributed by atoms with Crippen LogP contribution in [0.3, 0.4) is 0 Å². The zero-order chi connectivity index (χ0) is 22.2. The number of ether oxygens (including phenoxy) is 1. The lowest BCUT2D eigenvalue weighted by atomic mass is 9.74. The molecule has 1 amide bonds. The molecule has 2 fully saturated rings. The van der Waals surface area contributed by atoms with Gasteiger partial charge in [-0.25, -0.2) is 0 Å². The van der Waals surface area contributed by atoms with Crippen LogP contribution in [0.1, 0.15) is 63.9 Å². The number of rotatable bonds is 7. The highest BCUT2D eigenvalue weighted by Crippen LogP contribution is 2.38. The summed E-state index contributed by atoms with van der Waals surface area (Å²) in [4.78, 5) is 15.6. The first-order valence-corrected chi connectivity index (χ1v) is 12.5. The van der Waals surface area contributed by atoms with E-state index in [0.717, 1.165) is 37.9 Å². The zero-order valence-electron chi connectivity index (χ0n) is 19.5. The summed E-state index contributed by atoms with van der Waals surface area (Å²) in [6.07, 6.45) is 10.3. The molecule has 0 radical (unpaired) electrons. The number of hydrogen-bond donors (Lipinski definition) is 1. The Kier molecular flexibility index (Phi) is 7.85. The fourth-order valence-corrected chi connectivity index (χ4v) is 5.50. The maximum absolute atomic E-state index is 12.8. The second kappa shape index (κ2) is 11.0. The number of hydrogen-bond acceptors (Lipinski definition) is 3. The topological polar surface area (TPSA) is 41.6 Å². The van der Waals surface area contributed by atoms with Crippen LogP contribution in [-0.4, -0.2) is 41.6 Å². The Bertz CT molecular complexity index is 823. The number of carbonyl (C=O) groups is 1. The van der Waals surface area contributed by atoms with Gasteiger partial charge in [-0.2, -0.15) is 0 Å². The molecule has 172 valence electrons. The van der Waals surface area contributed by atoms with Crippen LogP contribution in [0.5, 0.6) is 5.75 Å². The van der Waals surface area contributed by atoms with Crippen LogP contribution < -0.4 is 10.1 Å². The second-order valence-corrected chi connectivity index (χ2v) is 9.64. The molecule has 4 rings (SSSR count). The van der Waals surface area contributed by atoms with E-state index in [9.17, 15) is 4.79 Å². The first-order valence-electron chi connectivity index (χ1n) is 12.5. The van der Waals surface area contributed by atoms with E-state index in [1.54, 1.807) is 0 Å². The normalized spacial score (nSPS) is 25.5. The molecule has 4 heteroatoms. The summed E-state index contributed by atoms with van der Waals surface area (Å²) >= 11 is 0. The molecular formula is C28H38N2O2. The molecule has 1 aliphatic carbocycles. The van der Waals surface area contributed by atoms with Gasteiger partial charge in [0, 0.05) is 11.6 Å². The van der Waals surface area contributed by atoms with Crippen molar-refractivity contribution >= 4 is 5.91 Å². The minimum absolute atomic E-state index is 0.0100. The smallest absolute Gasteiger partial charge is 0.260 e. The molecule has 0 spiro atoms. The van der Waals surface area contributed by atoms with Crippen LogP contribution in [0.25, 0.3) is 0 Å². The Morgan fingerprint density at radius 2 is 1.56 bits per heavy atom. The maximum Gasteiger partial charge on any atom is 0.260 e. The van der Waals surface area contributed by atoms with Crippen molar-refractivity contribution < 1.29 is 9.53 Å². The van der Waals surface area contributed by atoms with Gasteiger partial charge in [-0.1, -0.05) is 61.4 Å². The van der Waals surface area contributed by atoms with E-state index in [2.05, 4.69) is 40.5 Å². The molecular weight excluding hydrogens is 396 g/mol. The molecule has 1 saturated carbocycles. The Balaban J connectivity index is 1.37. The number of benzene rings is 2. The van der Waals surface area contributed by atoms with Crippen molar-refractivity contribution in [2.75, 3.05) is 13.1 Å². The predicted octanol–water partition coefficient (Wildman–Crippen LogP) is 5.37. The van der Waals surface area contributed by atoms with Crippen LogP contribution in [-0.2, 0) is 11.2 Å². The Hall–Kier alpha value is -2.33. The van der Waals surface area contributed by atoms with Crippen molar-refractivity contribution in [3.8, 4) is 5.75 Å². The summed E-state index contributed by atoms with van der Waals surface area (Å²) < 4.78 is 5.83. The molecule has 1 N–H and O–H groups in total. The van der Waals surface area contributed by atoms with Crippen molar-refractivity contribution in [2.45, 2.75) is 82.4 Å². The highest BCUT2D eigenvalue weighted by molar-refractivity contribution is 5.81. The monoisotopic (exact) mass is 434 g/mol. The summed E-state index contributed by atoms with van der Waals surface area (Å²) in [5.74, 6) is 0.728. The van der Waals surface area contributed by atoms with E-state index in [1.807, 2.05) is 37.3 Å². The lowest BCUT2D eigenvalue weighted by Gasteiger charge is -2.48. The van der Waals surface area contributed by atoms with Gasteiger partial charge in [0.2, 0.25) is 0 Å². The summed E-state index contributed by atoms with van der Waals surface area (Å²) in [5, 5.41) is 3.27. The van der Waals surface area contributed by atoms with Gasteiger partial charge in [0.1, 0.15) is 5.75 Å². The standard InChI is InChI=1S/C28H38N2O2/c1-23(32-26-14-8-5-9-15-26)27(31)29-25-16-18-28(19-17-25,22-24-12-6-4-7-13-24)30-20-10-2-3-11-21-30/h4-9,12-15,23,25H,2-3,10-11,16-22H2,1H3,(H,29,31). The first-order chi connectivity index (χ1) is 15.6. The summed E-state index contributed by atoms with van der Waals surface area (Å²) in [7, 11) is 0. The molecule has 1 saturated heterocycles. The minimum atomic E-state index is -0.487. The number of likely N-dealkylation sites (tertiary alicyclic amines) is 1. The summed E-state index contributed by atoms with van der Waals surface area (Å²) in [5.41, 5.74) is 1.66. The third kappa shape index (κ3) is 5.92. The van der Waals surface area contributed by atoms with Gasteiger partial charge in [0.25, 0.3) is 5.91 Å². The van der Waals surface area contributed by atoms with Crippen LogP contribution in [0.15, 0.2) is 60.7 Å².